The summed E-state index contributed by atoms with van der Waals surface area (Å²) in [5.41, 5.74) is 1.41. The number of amides is 1. The topological polar surface area (TPSA) is 90.1 Å². The number of nitrogens with one attached hydrogen (secondary N) is 1. The van der Waals surface area contributed by atoms with Crippen molar-refractivity contribution in [2.45, 2.75) is 19.4 Å². The zero-order chi connectivity index (χ0) is 16.9. The first-order valence-electron chi connectivity index (χ1n) is 7.64. The average molecular weight is 326 g/mol. The highest BCUT2D eigenvalue weighted by molar-refractivity contribution is 5.98. The quantitative estimate of drug-likeness (QED) is 0.747. The predicted molar refractivity (Wildman–Crippen MR) is 87.5 cm³/mol. The van der Waals surface area contributed by atoms with Crippen LogP contribution in [0.25, 0.3) is 10.9 Å². The number of benzene rings is 1. The van der Waals surface area contributed by atoms with Crippen molar-refractivity contribution in [1.29, 1.82) is 0 Å². The van der Waals surface area contributed by atoms with Gasteiger partial charge < -0.3 is 14.6 Å². The maximum absolute atomic E-state index is 12.4. The smallest absolute Gasteiger partial charge is 0.251 e. The van der Waals surface area contributed by atoms with Gasteiger partial charge in [-0.15, -0.1) is 0 Å². The molecule has 2 heterocycles. The largest absolute Gasteiger partial charge is 0.384 e. The van der Waals surface area contributed by atoms with E-state index in [2.05, 4.69) is 20.4 Å². The van der Waals surface area contributed by atoms with Crippen LogP contribution < -0.4 is 5.32 Å². The van der Waals surface area contributed by atoms with Crippen LogP contribution in [0.1, 0.15) is 35.0 Å². The minimum absolute atomic E-state index is 0.204. The molecule has 0 radical (unpaired) electrons. The normalized spacial score (nSPS) is 12.2. The van der Waals surface area contributed by atoms with Gasteiger partial charge in [0.1, 0.15) is 6.04 Å². The maximum atomic E-state index is 12.4. The first-order valence-corrected chi connectivity index (χ1v) is 7.64. The second-order valence-corrected chi connectivity index (χ2v) is 5.40. The number of rotatable bonds is 6. The van der Waals surface area contributed by atoms with E-state index < -0.39 is 0 Å². The second kappa shape index (κ2) is 7.18. The van der Waals surface area contributed by atoms with E-state index in [1.807, 2.05) is 24.3 Å². The lowest BCUT2D eigenvalue weighted by molar-refractivity contribution is 0.0932. The summed E-state index contributed by atoms with van der Waals surface area (Å²) < 4.78 is 10.2. The lowest BCUT2D eigenvalue weighted by atomic mass is 10.1. The Balaban J connectivity index is 1.69. The summed E-state index contributed by atoms with van der Waals surface area (Å²) >= 11 is 0. The summed E-state index contributed by atoms with van der Waals surface area (Å²) in [6.45, 7) is 2.32. The van der Waals surface area contributed by atoms with Gasteiger partial charge in [0.2, 0.25) is 5.89 Å². The molecule has 24 heavy (non-hydrogen) atoms. The van der Waals surface area contributed by atoms with E-state index in [1.54, 1.807) is 26.3 Å². The van der Waals surface area contributed by atoms with E-state index in [0.717, 1.165) is 10.9 Å². The van der Waals surface area contributed by atoms with E-state index >= 15 is 0 Å². The molecule has 124 valence electrons. The number of fused-ring (bicyclic) bond motifs is 1. The van der Waals surface area contributed by atoms with Crippen molar-refractivity contribution < 1.29 is 14.1 Å². The third-order valence-electron chi connectivity index (χ3n) is 3.60. The Morgan fingerprint density at radius 1 is 1.38 bits per heavy atom. The van der Waals surface area contributed by atoms with Gasteiger partial charge in [0.15, 0.2) is 5.82 Å². The van der Waals surface area contributed by atoms with Crippen LogP contribution >= 0.6 is 0 Å². The molecule has 0 aliphatic rings. The van der Waals surface area contributed by atoms with Crippen LogP contribution in [0, 0.1) is 0 Å². The number of pyridine rings is 1. The number of ether oxygens (including phenoxy) is 1. The van der Waals surface area contributed by atoms with E-state index in [0.29, 0.717) is 30.3 Å². The summed E-state index contributed by atoms with van der Waals surface area (Å²) in [5.74, 6) is 0.728. The molecule has 1 N–H and O–H groups in total. The van der Waals surface area contributed by atoms with Crippen molar-refractivity contribution in [3.05, 3.63) is 53.8 Å². The molecule has 1 atom stereocenters. The summed E-state index contributed by atoms with van der Waals surface area (Å²) in [5, 5.41) is 7.64. The molecule has 1 aromatic carbocycles. The van der Waals surface area contributed by atoms with Crippen molar-refractivity contribution in [3.8, 4) is 0 Å². The minimum atomic E-state index is -0.383. The lowest BCUT2D eigenvalue weighted by Gasteiger charge is -2.10. The number of methoxy groups -OCH3 is 1. The van der Waals surface area contributed by atoms with Crippen molar-refractivity contribution in [1.82, 2.24) is 20.4 Å². The number of nitrogens with zero attached hydrogens (tertiary/aromatic N) is 3. The molecule has 0 saturated carbocycles. The van der Waals surface area contributed by atoms with Crippen LogP contribution in [0.15, 0.2) is 41.1 Å². The highest BCUT2D eigenvalue weighted by Gasteiger charge is 2.17. The van der Waals surface area contributed by atoms with E-state index in [1.165, 1.54) is 0 Å². The Bertz CT molecular complexity index is 846. The van der Waals surface area contributed by atoms with Gasteiger partial charge in [0.25, 0.3) is 5.91 Å². The first kappa shape index (κ1) is 16.1. The molecule has 3 rings (SSSR count). The molecule has 2 aromatic heterocycles. The lowest BCUT2D eigenvalue weighted by Crippen LogP contribution is -2.26. The molecular weight excluding hydrogens is 308 g/mol. The van der Waals surface area contributed by atoms with Gasteiger partial charge in [-0.3, -0.25) is 9.78 Å². The van der Waals surface area contributed by atoms with Crippen LogP contribution in [0.3, 0.4) is 0 Å². The van der Waals surface area contributed by atoms with Crippen LogP contribution in [0.5, 0.6) is 0 Å². The highest BCUT2D eigenvalue weighted by Crippen LogP contribution is 2.15. The maximum Gasteiger partial charge on any atom is 0.251 e. The fourth-order valence-corrected chi connectivity index (χ4v) is 2.30. The minimum Gasteiger partial charge on any atom is -0.384 e. The van der Waals surface area contributed by atoms with Gasteiger partial charge >= 0.3 is 0 Å². The summed E-state index contributed by atoms with van der Waals surface area (Å²) in [6, 6.07) is 8.75. The monoisotopic (exact) mass is 326 g/mol. The molecule has 0 aliphatic carbocycles. The number of aromatic nitrogens is 3. The fraction of sp³-hybridized carbons (Fsp3) is 0.294. The molecule has 3 aromatic rings. The van der Waals surface area contributed by atoms with Gasteiger partial charge in [0.05, 0.1) is 12.1 Å². The van der Waals surface area contributed by atoms with Crippen LogP contribution in [0.2, 0.25) is 0 Å². The Labute approximate surface area is 139 Å². The summed E-state index contributed by atoms with van der Waals surface area (Å²) in [7, 11) is 1.61. The molecule has 1 unspecified atom stereocenters. The molecule has 0 aliphatic heterocycles. The second-order valence-electron chi connectivity index (χ2n) is 5.40. The first-order chi connectivity index (χ1) is 11.7. The molecule has 7 nitrogen and oxygen atoms in total. The summed E-state index contributed by atoms with van der Waals surface area (Å²) in [6.07, 6.45) is 2.29. The van der Waals surface area contributed by atoms with Crippen LogP contribution in [0.4, 0.5) is 0 Å². The van der Waals surface area contributed by atoms with Gasteiger partial charge in [0, 0.05) is 30.7 Å². The fourth-order valence-electron chi connectivity index (χ4n) is 2.30. The molecular formula is C17H18N4O3. The number of carbonyl (C=O) groups excluding carboxylic acids is 1. The molecule has 0 fully saturated rings. The van der Waals surface area contributed by atoms with E-state index in [4.69, 9.17) is 9.26 Å². The van der Waals surface area contributed by atoms with Crippen LogP contribution in [-0.4, -0.2) is 34.7 Å². The number of hydrogen-bond acceptors (Lipinski definition) is 6. The summed E-state index contributed by atoms with van der Waals surface area (Å²) in [4.78, 5) is 20.9. The Morgan fingerprint density at radius 3 is 3.08 bits per heavy atom. The molecule has 1 amide bonds. The zero-order valence-electron chi connectivity index (χ0n) is 13.5. The predicted octanol–water partition coefficient (Wildman–Crippen LogP) is 2.30. The SMILES string of the molecule is COCCc1noc(C(C)NC(=O)c2ccc3ncccc3c2)n1. The van der Waals surface area contributed by atoms with Crippen molar-refractivity contribution >= 4 is 16.8 Å². The Morgan fingerprint density at radius 2 is 2.25 bits per heavy atom. The van der Waals surface area contributed by atoms with Crippen molar-refractivity contribution in [2.75, 3.05) is 13.7 Å². The third kappa shape index (κ3) is 3.57. The van der Waals surface area contributed by atoms with Crippen molar-refractivity contribution in [3.63, 3.8) is 0 Å². The molecule has 0 spiro atoms. The standard InChI is InChI=1S/C17H18N4O3/c1-11(17-20-15(21-24-17)7-9-23-2)19-16(22)13-5-6-14-12(10-13)4-3-8-18-14/h3-6,8,10-11H,7,9H2,1-2H3,(H,19,22). The zero-order valence-corrected chi connectivity index (χ0v) is 13.5. The Hall–Kier alpha value is -2.80. The van der Waals surface area contributed by atoms with Gasteiger partial charge in [-0.1, -0.05) is 11.2 Å². The van der Waals surface area contributed by atoms with Gasteiger partial charge in [-0.05, 0) is 31.2 Å². The third-order valence-corrected chi connectivity index (χ3v) is 3.60. The highest BCUT2D eigenvalue weighted by atomic mass is 16.5. The van der Waals surface area contributed by atoms with Gasteiger partial charge in [-0.25, -0.2) is 0 Å². The van der Waals surface area contributed by atoms with E-state index in [9.17, 15) is 4.79 Å². The molecule has 0 saturated heterocycles. The van der Waals surface area contributed by atoms with Crippen LogP contribution in [-0.2, 0) is 11.2 Å². The number of hydrogen-bond donors (Lipinski definition) is 1. The number of carbonyl (C=O) groups is 1. The van der Waals surface area contributed by atoms with Gasteiger partial charge in [-0.2, -0.15) is 4.98 Å². The van der Waals surface area contributed by atoms with E-state index in [-0.39, 0.29) is 11.9 Å². The molecule has 7 heteroatoms. The molecule has 0 bridgehead atoms. The Kier molecular flexibility index (Phi) is 4.81. The average Bonchev–Trinajstić information content (AvgIpc) is 3.08. The van der Waals surface area contributed by atoms with Crippen molar-refractivity contribution in [2.24, 2.45) is 0 Å².